The van der Waals surface area contributed by atoms with Gasteiger partial charge in [-0.3, -0.25) is 14.7 Å². The molecule has 0 aliphatic rings. The van der Waals surface area contributed by atoms with Gasteiger partial charge in [0.25, 0.3) is 0 Å². The van der Waals surface area contributed by atoms with Crippen LogP contribution in [0.15, 0.2) is 40.2 Å². The number of carbonyl (C=O) groups is 2. The maximum atomic E-state index is 12.4. The molecule has 1 aromatic carbocycles. The molecule has 2 amide bonds. The molecule has 0 aliphatic heterocycles. The molecule has 1 atom stereocenters. The normalized spacial score (nSPS) is 12.1. The summed E-state index contributed by atoms with van der Waals surface area (Å²) in [4.78, 5) is 24.7. The van der Waals surface area contributed by atoms with Crippen LogP contribution in [0.1, 0.15) is 24.3 Å². The number of nitrogens with one attached hydrogen (secondary N) is 3. The first-order valence-electron chi connectivity index (χ1n) is 7.27. The zero-order chi connectivity index (χ0) is 17.1. The van der Waals surface area contributed by atoms with Gasteiger partial charge in [0.1, 0.15) is 0 Å². The van der Waals surface area contributed by atoms with Gasteiger partial charge in [-0.25, -0.2) is 0 Å². The average Bonchev–Trinajstić information content (AvgIpc) is 3.16. The summed E-state index contributed by atoms with van der Waals surface area (Å²) in [7, 11) is 0. The Labute approximate surface area is 150 Å². The van der Waals surface area contributed by atoms with Crippen molar-refractivity contribution >= 4 is 55.8 Å². The van der Waals surface area contributed by atoms with E-state index in [0.29, 0.717) is 5.82 Å². The molecule has 3 aromatic rings. The molecule has 0 fully saturated rings. The Bertz CT molecular complexity index is 875. The molecule has 0 bridgehead atoms. The van der Waals surface area contributed by atoms with Crippen LogP contribution in [0.4, 0.5) is 5.82 Å². The number of anilines is 1. The van der Waals surface area contributed by atoms with Crippen LogP contribution in [0.5, 0.6) is 0 Å². The fourth-order valence-electron chi connectivity index (χ4n) is 2.41. The number of halogens is 1. The quantitative estimate of drug-likeness (QED) is 0.604. The van der Waals surface area contributed by atoms with E-state index in [9.17, 15) is 9.59 Å². The number of H-pyrrole nitrogens is 1. The molecule has 3 N–H and O–H groups in total. The number of carbonyl (C=O) groups excluding carboxylic acids is 2. The number of thiophene rings is 1. The van der Waals surface area contributed by atoms with Crippen molar-refractivity contribution in [2.45, 2.75) is 19.4 Å². The number of aromatic amines is 1. The van der Waals surface area contributed by atoms with E-state index in [1.807, 2.05) is 35.7 Å². The molecule has 0 saturated carbocycles. The second kappa shape index (κ2) is 7.14. The van der Waals surface area contributed by atoms with Crippen LogP contribution in [0.25, 0.3) is 10.9 Å². The first-order chi connectivity index (χ1) is 11.5. The van der Waals surface area contributed by atoms with E-state index >= 15 is 0 Å². The molecule has 2 heterocycles. The van der Waals surface area contributed by atoms with Crippen molar-refractivity contribution in [2.24, 2.45) is 0 Å². The first kappa shape index (κ1) is 16.7. The van der Waals surface area contributed by atoms with Gasteiger partial charge < -0.3 is 10.6 Å². The van der Waals surface area contributed by atoms with E-state index in [-0.39, 0.29) is 24.3 Å². The lowest BCUT2D eigenvalue weighted by molar-refractivity contribution is -0.120. The summed E-state index contributed by atoms with van der Waals surface area (Å²) in [5.41, 5.74) is 0.838. The van der Waals surface area contributed by atoms with E-state index in [1.165, 1.54) is 18.3 Å². The fourth-order valence-corrected chi connectivity index (χ4v) is 3.55. The predicted molar refractivity (Wildman–Crippen MR) is 97.9 cm³/mol. The summed E-state index contributed by atoms with van der Waals surface area (Å²) in [5, 5.41) is 15.4. The van der Waals surface area contributed by atoms with Crippen molar-refractivity contribution in [3.05, 3.63) is 45.1 Å². The van der Waals surface area contributed by atoms with Crippen molar-refractivity contribution in [1.29, 1.82) is 0 Å². The summed E-state index contributed by atoms with van der Waals surface area (Å²) < 4.78 is 0.904. The van der Waals surface area contributed by atoms with Crippen LogP contribution in [-0.2, 0) is 9.59 Å². The SMILES string of the molecule is CC(=O)NC(CC(=O)Nc1n[nH]c2ccc(Br)cc12)c1cccs1. The minimum Gasteiger partial charge on any atom is -0.348 e. The highest BCUT2D eigenvalue weighted by atomic mass is 79.9. The molecule has 0 aliphatic carbocycles. The summed E-state index contributed by atoms with van der Waals surface area (Å²) in [6, 6.07) is 9.12. The minimum absolute atomic E-state index is 0.141. The predicted octanol–water partition coefficient (Wildman–Crippen LogP) is 3.59. The number of rotatable bonds is 5. The molecule has 0 saturated heterocycles. The third-order valence-electron chi connectivity index (χ3n) is 3.44. The standard InChI is InChI=1S/C16H15BrN4O2S/c1-9(22)18-13(14-3-2-6-24-14)8-15(23)19-16-11-7-10(17)4-5-12(11)20-21-16/h2-7,13H,8H2,1H3,(H,18,22)(H2,19,20,21,23). The number of benzene rings is 1. The largest absolute Gasteiger partial charge is 0.348 e. The molecular weight excluding hydrogens is 392 g/mol. The molecule has 124 valence electrons. The highest BCUT2D eigenvalue weighted by Gasteiger charge is 2.19. The van der Waals surface area contributed by atoms with Gasteiger partial charge in [0.05, 0.1) is 18.0 Å². The van der Waals surface area contributed by atoms with Crippen LogP contribution in [0, 0.1) is 0 Å². The Morgan fingerprint density at radius 2 is 2.21 bits per heavy atom. The highest BCUT2D eigenvalue weighted by molar-refractivity contribution is 9.10. The van der Waals surface area contributed by atoms with Crippen LogP contribution >= 0.6 is 27.3 Å². The topological polar surface area (TPSA) is 86.9 Å². The molecule has 1 unspecified atom stereocenters. The molecule has 2 aromatic heterocycles. The lowest BCUT2D eigenvalue weighted by atomic mass is 10.1. The van der Waals surface area contributed by atoms with Crippen molar-refractivity contribution in [3.8, 4) is 0 Å². The number of nitrogens with zero attached hydrogens (tertiary/aromatic N) is 1. The Hall–Kier alpha value is -2.19. The fraction of sp³-hybridized carbons (Fsp3) is 0.188. The number of hydrogen-bond acceptors (Lipinski definition) is 4. The molecule has 0 spiro atoms. The molecule has 6 nitrogen and oxygen atoms in total. The van der Waals surface area contributed by atoms with Crippen molar-refractivity contribution in [2.75, 3.05) is 5.32 Å². The maximum absolute atomic E-state index is 12.4. The minimum atomic E-state index is -0.348. The zero-order valence-electron chi connectivity index (χ0n) is 12.8. The molecular formula is C16H15BrN4O2S. The Morgan fingerprint density at radius 1 is 1.38 bits per heavy atom. The van der Waals surface area contributed by atoms with Gasteiger partial charge in [-0.05, 0) is 29.6 Å². The monoisotopic (exact) mass is 406 g/mol. The molecule has 3 rings (SSSR count). The number of fused-ring (bicyclic) bond motifs is 1. The number of hydrogen-bond donors (Lipinski definition) is 3. The van der Waals surface area contributed by atoms with Gasteiger partial charge in [0.2, 0.25) is 11.8 Å². The number of amides is 2. The molecule has 24 heavy (non-hydrogen) atoms. The smallest absolute Gasteiger partial charge is 0.228 e. The van der Waals surface area contributed by atoms with Crippen molar-refractivity contribution < 1.29 is 9.59 Å². The Morgan fingerprint density at radius 3 is 2.92 bits per heavy atom. The van der Waals surface area contributed by atoms with Gasteiger partial charge in [-0.15, -0.1) is 11.3 Å². The molecule has 8 heteroatoms. The third-order valence-corrected chi connectivity index (χ3v) is 4.92. The van der Waals surface area contributed by atoms with Gasteiger partial charge in [-0.1, -0.05) is 22.0 Å². The van der Waals surface area contributed by atoms with Crippen LogP contribution in [0.3, 0.4) is 0 Å². The van der Waals surface area contributed by atoms with Crippen LogP contribution in [-0.4, -0.2) is 22.0 Å². The first-order valence-corrected chi connectivity index (χ1v) is 8.94. The van der Waals surface area contributed by atoms with Crippen molar-refractivity contribution in [1.82, 2.24) is 15.5 Å². The van der Waals surface area contributed by atoms with Crippen LogP contribution in [0.2, 0.25) is 0 Å². The molecule has 0 radical (unpaired) electrons. The van der Waals surface area contributed by atoms with Gasteiger partial charge in [0, 0.05) is 21.7 Å². The van der Waals surface area contributed by atoms with Gasteiger partial charge in [-0.2, -0.15) is 5.10 Å². The Kier molecular flexibility index (Phi) is 4.96. The Balaban J connectivity index is 1.75. The van der Waals surface area contributed by atoms with E-state index in [1.54, 1.807) is 0 Å². The summed E-state index contributed by atoms with van der Waals surface area (Å²) in [6.07, 6.45) is 0.141. The summed E-state index contributed by atoms with van der Waals surface area (Å²) >= 11 is 4.92. The van der Waals surface area contributed by atoms with Gasteiger partial charge >= 0.3 is 0 Å². The highest BCUT2D eigenvalue weighted by Crippen LogP contribution is 2.26. The van der Waals surface area contributed by atoms with E-state index in [0.717, 1.165) is 20.3 Å². The second-order valence-corrected chi connectivity index (χ2v) is 7.18. The maximum Gasteiger partial charge on any atom is 0.228 e. The summed E-state index contributed by atoms with van der Waals surface area (Å²) in [5.74, 6) is 0.0925. The van der Waals surface area contributed by atoms with E-state index in [4.69, 9.17) is 0 Å². The van der Waals surface area contributed by atoms with E-state index < -0.39 is 0 Å². The zero-order valence-corrected chi connectivity index (χ0v) is 15.2. The van der Waals surface area contributed by atoms with Gasteiger partial charge in [0.15, 0.2) is 5.82 Å². The second-order valence-electron chi connectivity index (χ2n) is 5.28. The third kappa shape index (κ3) is 3.82. The number of aromatic nitrogens is 2. The van der Waals surface area contributed by atoms with E-state index in [2.05, 4.69) is 36.8 Å². The lowest BCUT2D eigenvalue weighted by Crippen LogP contribution is -2.29. The lowest BCUT2D eigenvalue weighted by Gasteiger charge is -2.15. The van der Waals surface area contributed by atoms with Crippen LogP contribution < -0.4 is 10.6 Å². The van der Waals surface area contributed by atoms with Crippen molar-refractivity contribution in [3.63, 3.8) is 0 Å². The summed E-state index contributed by atoms with van der Waals surface area (Å²) in [6.45, 7) is 1.44. The average molecular weight is 407 g/mol.